The molecule has 0 amide bonds. The third-order valence-electron chi connectivity index (χ3n) is 28.4. The van der Waals surface area contributed by atoms with Crippen LogP contribution < -0.4 is 10.6 Å². The van der Waals surface area contributed by atoms with Crippen LogP contribution in [0.2, 0.25) is 0 Å². The molecule has 10 saturated carbocycles. The normalized spacial score (nSPS) is 47.5. The van der Waals surface area contributed by atoms with Crippen molar-refractivity contribution in [1.29, 1.82) is 0 Å². The molecule has 0 aromatic rings. The first-order chi connectivity index (χ1) is 38.2. The molecule has 2 N–H and O–H groups in total. The molecule has 5 heterocycles. The fourth-order valence-corrected chi connectivity index (χ4v) is 25.6. The molecule has 10 aliphatic carbocycles. The molecular formula is C70H119N7. The zero-order valence-corrected chi connectivity index (χ0v) is 49.7. The van der Waals surface area contributed by atoms with Crippen LogP contribution in [0, 0.1) is 47.3 Å². The maximum atomic E-state index is 3.97. The summed E-state index contributed by atoms with van der Waals surface area (Å²) < 4.78 is 0. The van der Waals surface area contributed by atoms with E-state index in [4.69, 9.17) is 0 Å². The van der Waals surface area contributed by atoms with Gasteiger partial charge in [0.05, 0.1) is 0 Å². The second kappa shape index (κ2) is 24.0. The van der Waals surface area contributed by atoms with Crippen LogP contribution >= 0.6 is 0 Å². The third-order valence-corrected chi connectivity index (χ3v) is 28.4. The number of nitrogens with zero attached hydrogens (tertiary/aromatic N) is 5. The number of nitrogens with one attached hydrogen (secondary N) is 2. The second-order valence-electron chi connectivity index (χ2n) is 31.6. The summed E-state index contributed by atoms with van der Waals surface area (Å²) >= 11 is 0. The van der Waals surface area contributed by atoms with E-state index in [1.54, 1.807) is 38.5 Å². The fraction of sp³-hybridized carbons (Fsp3) is 1.00. The molecule has 0 radical (unpaired) electrons. The molecule has 16 atom stereocenters. The highest BCUT2D eigenvalue weighted by atomic mass is 15.3. The summed E-state index contributed by atoms with van der Waals surface area (Å²) in [6.07, 6.45) is 65.2. The van der Waals surface area contributed by atoms with Crippen LogP contribution in [0.1, 0.15) is 276 Å². The number of hydrogen-bond acceptors (Lipinski definition) is 7. The highest BCUT2D eigenvalue weighted by Crippen LogP contribution is 2.57. The van der Waals surface area contributed by atoms with Gasteiger partial charge in [-0.15, -0.1) is 0 Å². The van der Waals surface area contributed by atoms with Crippen LogP contribution in [0.15, 0.2) is 0 Å². The Morgan fingerprint density at radius 3 is 1.03 bits per heavy atom. The summed E-state index contributed by atoms with van der Waals surface area (Å²) in [5, 5.41) is 7.94. The van der Waals surface area contributed by atoms with Gasteiger partial charge in [-0.05, 0) is 247 Å². The van der Waals surface area contributed by atoms with Crippen molar-refractivity contribution in [3.05, 3.63) is 0 Å². The summed E-state index contributed by atoms with van der Waals surface area (Å²) in [6, 6.07) is 13.2. The molecule has 7 nitrogen and oxygen atoms in total. The molecule has 0 bridgehead atoms. The van der Waals surface area contributed by atoms with E-state index in [-0.39, 0.29) is 0 Å². The minimum absolute atomic E-state index is 0.840. The van der Waals surface area contributed by atoms with E-state index >= 15 is 0 Å². The van der Waals surface area contributed by atoms with Crippen LogP contribution in [0.25, 0.3) is 0 Å². The topological polar surface area (TPSA) is 40.3 Å². The minimum atomic E-state index is 0.840. The van der Waals surface area contributed by atoms with E-state index < -0.39 is 0 Å². The van der Waals surface area contributed by atoms with Crippen LogP contribution in [-0.2, 0) is 0 Å². The van der Waals surface area contributed by atoms with E-state index in [1.807, 2.05) is 0 Å². The number of likely N-dealkylation sites (tertiary alicyclic amines) is 3. The van der Waals surface area contributed by atoms with E-state index in [0.717, 1.165) is 138 Å². The van der Waals surface area contributed by atoms with Crippen molar-refractivity contribution < 1.29 is 0 Å². The van der Waals surface area contributed by atoms with E-state index in [1.165, 1.54) is 264 Å². The van der Waals surface area contributed by atoms with Gasteiger partial charge in [0.15, 0.2) is 0 Å². The Morgan fingerprint density at radius 1 is 0.234 bits per heavy atom. The number of piperidine rings is 2. The third kappa shape index (κ3) is 10.3. The van der Waals surface area contributed by atoms with Crippen molar-refractivity contribution in [1.82, 2.24) is 35.1 Å². The first-order valence-corrected chi connectivity index (χ1v) is 36.5. The van der Waals surface area contributed by atoms with E-state index in [9.17, 15) is 0 Å². The SMILES string of the molecule is C1CCC(N(C2CCCCC2)C2CCC3C(C2)C2CC(N(C4CCCCC4)C4CCCCC4)CCC2N3C2CCC(C3CC(N4C5CCCCC5C5CNCCC54)CC(N4C5CCCCC5C5CNCCC54)C3)CC2)CC1. The molecule has 15 rings (SSSR count). The van der Waals surface area contributed by atoms with Gasteiger partial charge < -0.3 is 10.6 Å². The smallest absolute Gasteiger partial charge is 0.0157 e. The molecule has 0 spiro atoms. The molecule has 0 aromatic heterocycles. The summed E-state index contributed by atoms with van der Waals surface area (Å²) in [6.45, 7) is 5.18. The van der Waals surface area contributed by atoms with Crippen molar-refractivity contribution in [3.8, 4) is 0 Å². The minimum Gasteiger partial charge on any atom is -0.316 e. The van der Waals surface area contributed by atoms with Gasteiger partial charge >= 0.3 is 0 Å². The molecule has 77 heavy (non-hydrogen) atoms. The second-order valence-corrected chi connectivity index (χ2v) is 31.6. The Hall–Kier alpha value is -0.280. The Bertz CT molecular complexity index is 1680. The molecule has 15 fully saturated rings. The molecule has 5 saturated heterocycles. The van der Waals surface area contributed by atoms with Gasteiger partial charge in [0, 0.05) is 90.6 Å². The number of fused-ring (bicyclic) bond motifs is 9. The van der Waals surface area contributed by atoms with Crippen molar-refractivity contribution in [3.63, 3.8) is 0 Å². The molecule has 434 valence electrons. The molecule has 0 aromatic carbocycles. The maximum Gasteiger partial charge on any atom is 0.0157 e. The van der Waals surface area contributed by atoms with Crippen molar-refractivity contribution >= 4 is 0 Å². The van der Waals surface area contributed by atoms with Gasteiger partial charge in [0.1, 0.15) is 0 Å². The lowest BCUT2D eigenvalue weighted by Gasteiger charge is -2.52. The predicted octanol–water partition coefficient (Wildman–Crippen LogP) is 14.1. The maximum absolute atomic E-state index is 3.97. The summed E-state index contributed by atoms with van der Waals surface area (Å²) in [5.41, 5.74) is 0. The van der Waals surface area contributed by atoms with Crippen LogP contribution in [-0.4, -0.2) is 141 Å². The predicted molar refractivity (Wildman–Crippen MR) is 318 cm³/mol. The van der Waals surface area contributed by atoms with Crippen molar-refractivity contribution in [2.75, 3.05) is 26.2 Å². The highest BCUT2D eigenvalue weighted by molar-refractivity contribution is 5.14. The van der Waals surface area contributed by atoms with Gasteiger partial charge in [-0.2, -0.15) is 0 Å². The fourth-order valence-electron chi connectivity index (χ4n) is 25.6. The number of rotatable bonds is 10. The monoisotopic (exact) mass is 1060 g/mol. The lowest BCUT2D eigenvalue weighted by Crippen LogP contribution is -2.58. The van der Waals surface area contributed by atoms with Crippen molar-refractivity contribution in [2.45, 2.75) is 367 Å². The quantitative estimate of drug-likeness (QED) is 0.226. The van der Waals surface area contributed by atoms with E-state index in [0.29, 0.717) is 0 Å². The first-order valence-electron chi connectivity index (χ1n) is 36.5. The zero-order valence-electron chi connectivity index (χ0n) is 49.7. The van der Waals surface area contributed by atoms with Gasteiger partial charge in [-0.1, -0.05) is 103 Å². The standard InChI is InChI=1S/C70H119N7/c1-5-17-50(18-6-1)73(51-19-7-2-8-20-51)55-33-35-67-61(44-55)62-45-56(74(52-21-9-3-10-22-52)53-23-11-4-12-24-53)34-36-68(62)75(67)54-31-29-48(30-32-54)49-41-57(76-65-27-15-13-25-59(65)63-46-71-39-37-69(63)76)43-58(42-49)77-66-28-16-14-26-60(66)64-47-72-40-38-70(64)77/h48-72H,1-47H2. The summed E-state index contributed by atoms with van der Waals surface area (Å²) in [5.74, 6) is 7.64. The average molecular weight is 1060 g/mol. The Morgan fingerprint density at radius 2 is 0.597 bits per heavy atom. The summed E-state index contributed by atoms with van der Waals surface area (Å²) in [4.78, 5) is 17.0. The molecular weight excluding hydrogens is 939 g/mol. The lowest BCUT2D eigenvalue weighted by molar-refractivity contribution is -0.0286. The lowest BCUT2D eigenvalue weighted by atomic mass is 9.68. The molecule has 15 aliphatic rings. The molecule has 16 unspecified atom stereocenters. The van der Waals surface area contributed by atoms with Crippen LogP contribution in [0.3, 0.4) is 0 Å². The molecule has 7 heteroatoms. The average Bonchev–Trinajstić information content (AvgIpc) is 4.16. The van der Waals surface area contributed by atoms with E-state index in [2.05, 4.69) is 35.1 Å². The van der Waals surface area contributed by atoms with Crippen LogP contribution in [0.5, 0.6) is 0 Å². The van der Waals surface area contributed by atoms with Crippen molar-refractivity contribution in [2.24, 2.45) is 47.3 Å². The Labute approximate surface area is 473 Å². The van der Waals surface area contributed by atoms with Gasteiger partial charge in [0.2, 0.25) is 0 Å². The van der Waals surface area contributed by atoms with Crippen LogP contribution in [0.4, 0.5) is 0 Å². The van der Waals surface area contributed by atoms with Gasteiger partial charge in [0.25, 0.3) is 0 Å². The zero-order chi connectivity index (χ0) is 50.8. The van der Waals surface area contributed by atoms with Gasteiger partial charge in [-0.25, -0.2) is 0 Å². The molecule has 5 aliphatic heterocycles. The number of hydrogen-bond donors (Lipinski definition) is 2. The first kappa shape index (κ1) is 53.4. The Kier molecular flexibility index (Phi) is 16.7. The highest BCUT2D eigenvalue weighted by Gasteiger charge is 2.59. The largest absolute Gasteiger partial charge is 0.316 e. The summed E-state index contributed by atoms with van der Waals surface area (Å²) in [7, 11) is 0. The van der Waals surface area contributed by atoms with Gasteiger partial charge in [-0.3, -0.25) is 24.5 Å². The Balaban J connectivity index is 0.702.